The summed E-state index contributed by atoms with van der Waals surface area (Å²) in [6.45, 7) is 3.39. The Morgan fingerprint density at radius 2 is 2.17 bits per heavy atom. The van der Waals surface area contributed by atoms with E-state index in [-0.39, 0.29) is 11.8 Å². The fraction of sp³-hybridized carbons (Fsp3) is 0.333. The van der Waals surface area contributed by atoms with E-state index in [1.807, 2.05) is 12.1 Å². The van der Waals surface area contributed by atoms with Crippen LogP contribution < -0.4 is 10.1 Å². The maximum absolute atomic E-state index is 12.5. The number of rotatable bonds is 6. The Morgan fingerprint density at radius 1 is 1.33 bits per heavy atom. The highest BCUT2D eigenvalue weighted by Gasteiger charge is 2.25. The second-order valence-corrected chi connectivity index (χ2v) is 6.19. The Kier molecular flexibility index (Phi) is 5.80. The van der Waals surface area contributed by atoms with Crippen LogP contribution in [0.5, 0.6) is 5.75 Å². The fourth-order valence-corrected chi connectivity index (χ4v) is 2.84. The lowest BCUT2D eigenvalue weighted by atomic mass is 10.1. The molecule has 2 aromatic rings. The van der Waals surface area contributed by atoms with Crippen molar-refractivity contribution < 1.29 is 9.53 Å². The maximum atomic E-state index is 12.5. The summed E-state index contributed by atoms with van der Waals surface area (Å²) in [4.78, 5) is 18.7. The third kappa shape index (κ3) is 4.54. The summed E-state index contributed by atoms with van der Waals surface area (Å²) in [7, 11) is 0. The minimum atomic E-state index is 0.0972. The number of carbonyl (C=O) groups excluding carboxylic acids is 1. The summed E-state index contributed by atoms with van der Waals surface area (Å²) in [6.07, 6.45) is 3.41. The van der Waals surface area contributed by atoms with E-state index >= 15 is 0 Å². The minimum absolute atomic E-state index is 0.0972. The highest BCUT2D eigenvalue weighted by Crippen LogP contribution is 2.13. The Balaban J connectivity index is 1.59. The van der Waals surface area contributed by atoms with Crippen LogP contribution in [-0.2, 0) is 0 Å². The van der Waals surface area contributed by atoms with Crippen molar-refractivity contribution in [1.82, 2.24) is 15.2 Å². The number of aromatic nitrogens is 1. The molecule has 1 aliphatic rings. The first-order valence-corrected chi connectivity index (χ1v) is 8.36. The number of halogens is 1. The molecule has 1 fully saturated rings. The molecule has 0 amide bonds. The molecule has 126 valence electrons. The highest BCUT2D eigenvalue weighted by molar-refractivity contribution is 6.30. The molecule has 0 bridgehead atoms. The Bertz CT molecular complexity index is 664. The molecule has 0 saturated carbocycles. The van der Waals surface area contributed by atoms with Gasteiger partial charge in [-0.1, -0.05) is 11.6 Å². The Labute approximate surface area is 146 Å². The lowest BCUT2D eigenvalue weighted by molar-refractivity contribution is 0.0783. The molecule has 0 radical (unpaired) electrons. The van der Waals surface area contributed by atoms with Gasteiger partial charge in [0.15, 0.2) is 5.78 Å². The molecule has 1 N–H and O–H groups in total. The van der Waals surface area contributed by atoms with E-state index in [9.17, 15) is 4.79 Å². The van der Waals surface area contributed by atoms with Crippen LogP contribution in [0.3, 0.4) is 0 Å². The second-order valence-electron chi connectivity index (χ2n) is 5.76. The van der Waals surface area contributed by atoms with E-state index < -0.39 is 0 Å². The summed E-state index contributed by atoms with van der Waals surface area (Å²) < 4.78 is 5.81. The monoisotopic (exact) mass is 345 g/mol. The van der Waals surface area contributed by atoms with Gasteiger partial charge in [-0.3, -0.25) is 14.7 Å². The normalized spacial score (nSPS) is 18.3. The molecule has 1 aromatic heterocycles. The number of nitrogens with one attached hydrogen (secondary N) is 1. The SMILES string of the molecule is O=C(CN1CCNCC1COc1cccnc1)c1ccc(Cl)cc1. The van der Waals surface area contributed by atoms with Crippen LogP contribution in [0.25, 0.3) is 0 Å². The van der Waals surface area contributed by atoms with Crippen molar-refractivity contribution in [2.45, 2.75) is 6.04 Å². The zero-order chi connectivity index (χ0) is 16.8. The van der Waals surface area contributed by atoms with E-state index in [0.717, 1.165) is 25.4 Å². The van der Waals surface area contributed by atoms with Crippen LogP contribution in [0.1, 0.15) is 10.4 Å². The van der Waals surface area contributed by atoms with Gasteiger partial charge in [0.2, 0.25) is 0 Å². The van der Waals surface area contributed by atoms with Gasteiger partial charge in [-0.05, 0) is 36.4 Å². The molecule has 3 rings (SSSR count). The lowest BCUT2D eigenvalue weighted by Gasteiger charge is -2.35. The van der Waals surface area contributed by atoms with Crippen molar-refractivity contribution in [3.8, 4) is 5.75 Å². The van der Waals surface area contributed by atoms with Crippen LogP contribution in [0.2, 0.25) is 5.02 Å². The van der Waals surface area contributed by atoms with Crippen LogP contribution in [0.15, 0.2) is 48.8 Å². The van der Waals surface area contributed by atoms with Crippen LogP contribution in [-0.4, -0.2) is 54.5 Å². The summed E-state index contributed by atoms with van der Waals surface area (Å²) in [5.41, 5.74) is 0.685. The molecule has 1 aliphatic heterocycles. The standard InChI is InChI=1S/C18H20ClN3O2/c19-15-5-3-14(4-6-15)18(23)12-22-9-8-21-10-16(22)13-24-17-2-1-7-20-11-17/h1-7,11,16,21H,8-10,12-13H2. The molecule has 0 spiro atoms. The van der Waals surface area contributed by atoms with E-state index in [1.165, 1.54) is 0 Å². The third-order valence-corrected chi connectivity index (χ3v) is 4.31. The number of ether oxygens (including phenoxy) is 1. The zero-order valence-corrected chi connectivity index (χ0v) is 14.1. The van der Waals surface area contributed by atoms with Gasteiger partial charge in [0.25, 0.3) is 0 Å². The largest absolute Gasteiger partial charge is 0.490 e. The molecule has 1 atom stereocenters. The molecular weight excluding hydrogens is 326 g/mol. The molecule has 5 nitrogen and oxygen atoms in total. The van der Waals surface area contributed by atoms with Crippen LogP contribution >= 0.6 is 11.6 Å². The molecule has 6 heteroatoms. The van der Waals surface area contributed by atoms with Gasteiger partial charge in [-0.15, -0.1) is 0 Å². The maximum Gasteiger partial charge on any atom is 0.176 e. The summed E-state index contributed by atoms with van der Waals surface area (Å²) in [5.74, 6) is 0.840. The van der Waals surface area contributed by atoms with Gasteiger partial charge in [-0.2, -0.15) is 0 Å². The smallest absolute Gasteiger partial charge is 0.176 e. The number of pyridine rings is 1. The number of hydrogen-bond donors (Lipinski definition) is 1. The Hall–Kier alpha value is -1.95. The number of ketones is 1. The topological polar surface area (TPSA) is 54.5 Å². The predicted octanol–water partition coefficient (Wildman–Crippen LogP) is 2.27. The van der Waals surface area contributed by atoms with Crippen molar-refractivity contribution in [3.63, 3.8) is 0 Å². The van der Waals surface area contributed by atoms with Gasteiger partial charge in [0.1, 0.15) is 12.4 Å². The molecule has 0 aliphatic carbocycles. The number of Topliss-reactive ketones (excluding diaryl/α,β-unsaturated/α-hetero) is 1. The number of nitrogens with zero attached hydrogens (tertiary/aromatic N) is 2. The summed E-state index contributed by atoms with van der Waals surface area (Å²) >= 11 is 5.88. The number of piperazine rings is 1. The fourth-order valence-electron chi connectivity index (χ4n) is 2.71. The summed E-state index contributed by atoms with van der Waals surface area (Å²) in [6, 6.07) is 10.9. The first-order valence-electron chi connectivity index (χ1n) is 7.99. The average Bonchev–Trinajstić information content (AvgIpc) is 2.62. The van der Waals surface area contributed by atoms with Gasteiger partial charge >= 0.3 is 0 Å². The van der Waals surface area contributed by atoms with Crippen LogP contribution in [0, 0.1) is 0 Å². The zero-order valence-electron chi connectivity index (χ0n) is 13.3. The molecule has 1 aromatic carbocycles. The summed E-state index contributed by atoms with van der Waals surface area (Å²) in [5, 5.41) is 3.99. The van der Waals surface area contributed by atoms with Crippen molar-refractivity contribution in [1.29, 1.82) is 0 Å². The van der Waals surface area contributed by atoms with E-state index in [2.05, 4.69) is 15.2 Å². The van der Waals surface area contributed by atoms with E-state index in [4.69, 9.17) is 16.3 Å². The molecule has 1 unspecified atom stereocenters. The third-order valence-electron chi connectivity index (χ3n) is 4.06. The van der Waals surface area contributed by atoms with Gasteiger partial charge in [0, 0.05) is 36.4 Å². The first kappa shape index (κ1) is 16.9. The Morgan fingerprint density at radius 3 is 2.92 bits per heavy atom. The van der Waals surface area contributed by atoms with Crippen molar-refractivity contribution in [2.24, 2.45) is 0 Å². The predicted molar refractivity (Wildman–Crippen MR) is 93.7 cm³/mol. The van der Waals surface area contributed by atoms with Gasteiger partial charge in [0.05, 0.1) is 18.8 Å². The minimum Gasteiger partial charge on any atom is -0.490 e. The highest BCUT2D eigenvalue weighted by atomic mass is 35.5. The number of hydrogen-bond acceptors (Lipinski definition) is 5. The molecule has 1 saturated heterocycles. The van der Waals surface area contributed by atoms with Crippen molar-refractivity contribution >= 4 is 17.4 Å². The average molecular weight is 346 g/mol. The number of benzene rings is 1. The van der Waals surface area contributed by atoms with Crippen molar-refractivity contribution in [3.05, 3.63) is 59.4 Å². The van der Waals surface area contributed by atoms with E-state index in [0.29, 0.717) is 23.7 Å². The van der Waals surface area contributed by atoms with E-state index in [1.54, 1.807) is 36.7 Å². The first-order chi connectivity index (χ1) is 11.7. The number of carbonyl (C=O) groups is 1. The van der Waals surface area contributed by atoms with Crippen molar-refractivity contribution in [2.75, 3.05) is 32.8 Å². The van der Waals surface area contributed by atoms with Gasteiger partial charge < -0.3 is 10.1 Å². The van der Waals surface area contributed by atoms with Crippen LogP contribution in [0.4, 0.5) is 0 Å². The lowest BCUT2D eigenvalue weighted by Crippen LogP contribution is -2.55. The molecule has 24 heavy (non-hydrogen) atoms. The quantitative estimate of drug-likeness (QED) is 0.814. The second kappa shape index (κ2) is 8.24. The molecular formula is C18H20ClN3O2. The van der Waals surface area contributed by atoms with Gasteiger partial charge in [-0.25, -0.2) is 0 Å². The molecule has 2 heterocycles.